The summed E-state index contributed by atoms with van der Waals surface area (Å²) >= 11 is 0. The summed E-state index contributed by atoms with van der Waals surface area (Å²) in [5, 5.41) is 31.9. The maximum absolute atomic E-state index is 12.9. The van der Waals surface area contributed by atoms with Gasteiger partial charge in [-0.25, -0.2) is 4.79 Å². The number of ether oxygens (including phenoxy) is 2. The fourth-order valence-corrected chi connectivity index (χ4v) is 5.13. The van der Waals surface area contributed by atoms with Crippen molar-refractivity contribution < 1.29 is 29.6 Å². The number of hydrogen-bond acceptors (Lipinski definition) is 6. The van der Waals surface area contributed by atoms with Gasteiger partial charge in [-0.2, -0.15) is 0 Å². The van der Waals surface area contributed by atoms with E-state index in [1.807, 2.05) is 20.8 Å². The molecule has 2 aliphatic carbocycles. The van der Waals surface area contributed by atoms with Crippen LogP contribution in [0.15, 0.2) is 29.8 Å². The van der Waals surface area contributed by atoms with Crippen molar-refractivity contribution in [1.29, 1.82) is 0 Å². The van der Waals surface area contributed by atoms with Crippen LogP contribution < -0.4 is 4.74 Å². The van der Waals surface area contributed by atoms with E-state index in [1.165, 1.54) is 25.3 Å². The highest BCUT2D eigenvalue weighted by Gasteiger charge is 2.60. The lowest BCUT2D eigenvalue weighted by atomic mass is 9.67. The fourth-order valence-electron chi connectivity index (χ4n) is 5.13. The number of phenols is 1. The first-order chi connectivity index (χ1) is 13.5. The summed E-state index contributed by atoms with van der Waals surface area (Å²) in [5.74, 6) is -0.783. The highest BCUT2D eigenvalue weighted by atomic mass is 16.5. The van der Waals surface area contributed by atoms with Crippen molar-refractivity contribution in [3.8, 4) is 11.5 Å². The summed E-state index contributed by atoms with van der Waals surface area (Å²) in [6.07, 6.45) is 2.37. The molecule has 0 heterocycles. The number of benzene rings is 1. The first kappa shape index (κ1) is 21.7. The van der Waals surface area contributed by atoms with Gasteiger partial charge in [-0.15, -0.1) is 0 Å². The van der Waals surface area contributed by atoms with Crippen molar-refractivity contribution in [3.63, 3.8) is 0 Å². The third-order valence-electron chi connectivity index (χ3n) is 6.99. The Hall–Kier alpha value is -2.05. The van der Waals surface area contributed by atoms with Gasteiger partial charge in [0.15, 0.2) is 11.5 Å². The van der Waals surface area contributed by atoms with Gasteiger partial charge in [0.2, 0.25) is 0 Å². The molecule has 3 rings (SSSR count). The Morgan fingerprint density at radius 2 is 1.97 bits per heavy atom. The van der Waals surface area contributed by atoms with E-state index in [2.05, 4.69) is 6.92 Å². The Labute approximate surface area is 172 Å². The van der Waals surface area contributed by atoms with Crippen LogP contribution in [0.25, 0.3) is 0 Å². The third kappa shape index (κ3) is 3.76. The van der Waals surface area contributed by atoms with E-state index < -0.39 is 23.8 Å². The van der Waals surface area contributed by atoms with Crippen LogP contribution in [-0.4, -0.2) is 46.2 Å². The zero-order valence-corrected chi connectivity index (χ0v) is 17.8. The third-order valence-corrected chi connectivity index (χ3v) is 6.99. The van der Waals surface area contributed by atoms with Crippen molar-refractivity contribution in [2.45, 2.75) is 64.8 Å². The fraction of sp³-hybridized carbons (Fsp3) is 0.609. The number of phenolic OH excluding ortho intramolecular Hbond substituents is 1. The second kappa shape index (κ2) is 7.65. The van der Waals surface area contributed by atoms with E-state index in [0.29, 0.717) is 12.8 Å². The predicted molar refractivity (Wildman–Crippen MR) is 109 cm³/mol. The van der Waals surface area contributed by atoms with Crippen LogP contribution in [0.1, 0.15) is 57.3 Å². The minimum absolute atomic E-state index is 0.0201. The van der Waals surface area contributed by atoms with Gasteiger partial charge in [0, 0.05) is 5.92 Å². The van der Waals surface area contributed by atoms with Gasteiger partial charge in [0.25, 0.3) is 0 Å². The Bertz CT molecular complexity index is 816. The maximum Gasteiger partial charge on any atom is 0.338 e. The Balaban J connectivity index is 1.99. The maximum atomic E-state index is 12.9. The topological polar surface area (TPSA) is 96.2 Å². The van der Waals surface area contributed by atoms with Crippen molar-refractivity contribution in [2.24, 2.45) is 17.3 Å². The molecule has 5 atom stereocenters. The zero-order valence-electron chi connectivity index (χ0n) is 17.8. The smallest absolute Gasteiger partial charge is 0.338 e. The van der Waals surface area contributed by atoms with E-state index in [4.69, 9.17) is 9.47 Å². The SMILES string of the molecule is COc1cc(C(=O)O[C@H]2C=C(C)[C@H](O)C[C@]3(C)CC[C@@](O)(C(C)C)[C@@H]23)ccc1O. The molecule has 29 heavy (non-hydrogen) atoms. The summed E-state index contributed by atoms with van der Waals surface area (Å²) in [4.78, 5) is 12.9. The van der Waals surface area contributed by atoms with Gasteiger partial charge < -0.3 is 24.8 Å². The van der Waals surface area contributed by atoms with Crippen LogP contribution in [0.3, 0.4) is 0 Å². The quantitative estimate of drug-likeness (QED) is 0.525. The van der Waals surface area contributed by atoms with Crippen LogP contribution in [0.4, 0.5) is 0 Å². The molecule has 1 saturated carbocycles. The minimum atomic E-state index is -0.993. The van der Waals surface area contributed by atoms with Crippen LogP contribution in [0.2, 0.25) is 0 Å². The summed E-state index contributed by atoms with van der Waals surface area (Å²) in [7, 11) is 1.41. The van der Waals surface area contributed by atoms with Crippen molar-refractivity contribution in [1.82, 2.24) is 0 Å². The summed E-state index contributed by atoms with van der Waals surface area (Å²) in [5.41, 5.74) is -0.353. The number of aliphatic hydroxyl groups excluding tert-OH is 1. The molecule has 1 aromatic carbocycles. The number of hydrogen-bond donors (Lipinski definition) is 3. The van der Waals surface area contributed by atoms with Crippen LogP contribution in [0.5, 0.6) is 11.5 Å². The van der Waals surface area contributed by atoms with Gasteiger partial charge in [0.05, 0.1) is 24.4 Å². The monoisotopic (exact) mass is 404 g/mol. The summed E-state index contributed by atoms with van der Waals surface area (Å²) in [6.45, 7) is 7.85. The molecule has 0 saturated heterocycles. The van der Waals surface area contributed by atoms with Crippen molar-refractivity contribution >= 4 is 5.97 Å². The normalized spacial score (nSPS) is 34.3. The largest absolute Gasteiger partial charge is 0.504 e. The van der Waals surface area contributed by atoms with E-state index >= 15 is 0 Å². The average Bonchev–Trinajstić information content (AvgIpc) is 2.88. The number of carbonyl (C=O) groups excluding carboxylic acids is 1. The number of aliphatic hydroxyl groups is 2. The van der Waals surface area contributed by atoms with Crippen LogP contribution in [-0.2, 0) is 4.74 Å². The number of rotatable bonds is 4. The van der Waals surface area contributed by atoms with Crippen LogP contribution >= 0.6 is 0 Å². The second-order valence-electron chi connectivity index (χ2n) is 9.16. The standard InChI is InChI=1S/C23H32O6/c1-13(2)23(27)9-8-22(4)12-17(25)14(3)10-19(20(22)23)29-21(26)15-6-7-16(24)18(11-15)28-5/h6-7,10-11,13,17,19-20,24-25,27H,8-9,12H2,1-5H3/t17-,19+,20+,22+,23-/m1/s1. The molecule has 0 radical (unpaired) electrons. The van der Waals surface area contributed by atoms with E-state index in [9.17, 15) is 20.1 Å². The number of fused-ring (bicyclic) bond motifs is 1. The van der Waals surface area contributed by atoms with Crippen molar-refractivity contribution in [2.75, 3.05) is 7.11 Å². The lowest BCUT2D eigenvalue weighted by molar-refractivity contribution is -0.104. The van der Waals surface area contributed by atoms with Gasteiger partial charge in [0.1, 0.15) is 6.10 Å². The van der Waals surface area contributed by atoms with Gasteiger partial charge in [-0.1, -0.05) is 20.8 Å². The first-order valence-electron chi connectivity index (χ1n) is 10.2. The van der Waals surface area contributed by atoms with E-state index in [-0.39, 0.29) is 34.3 Å². The average molecular weight is 405 g/mol. The second-order valence-corrected chi connectivity index (χ2v) is 9.16. The highest BCUT2D eigenvalue weighted by molar-refractivity contribution is 5.90. The van der Waals surface area contributed by atoms with E-state index in [1.54, 1.807) is 6.08 Å². The molecule has 160 valence electrons. The molecular weight excluding hydrogens is 372 g/mol. The van der Waals surface area contributed by atoms with Gasteiger partial charge in [-0.05, 0) is 67.4 Å². The number of esters is 1. The molecule has 3 N–H and O–H groups in total. The summed E-state index contributed by atoms with van der Waals surface area (Å²) < 4.78 is 11.0. The molecule has 6 nitrogen and oxygen atoms in total. The molecule has 1 fully saturated rings. The zero-order chi connectivity index (χ0) is 21.6. The lowest BCUT2D eigenvalue weighted by Crippen LogP contribution is -2.50. The Morgan fingerprint density at radius 1 is 1.28 bits per heavy atom. The molecule has 0 bridgehead atoms. The molecule has 0 unspecified atom stereocenters. The van der Waals surface area contributed by atoms with Gasteiger partial charge >= 0.3 is 5.97 Å². The molecule has 0 amide bonds. The highest BCUT2D eigenvalue weighted by Crippen LogP contribution is 2.58. The molecule has 1 aromatic rings. The molecule has 2 aliphatic rings. The Kier molecular flexibility index (Phi) is 5.71. The predicted octanol–water partition coefficient (Wildman–Crippen LogP) is 3.44. The number of carbonyl (C=O) groups is 1. The minimum Gasteiger partial charge on any atom is -0.504 e. The van der Waals surface area contributed by atoms with Crippen LogP contribution in [0, 0.1) is 17.3 Å². The number of aromatic hydroxyl groups is 1. The van der Waals surface area contributed by atoms with E-state index in [0.717, 1.165) is 12.0 Å². The lowest BCUT2D eigenvalue weighted by Gasteiger charge is -2.43. The van der Waals surface area contributed by atoms with Gasteiger partial charge in [-0.3, -0.25) is 0 Å². The number of methoxy groups -OCH3 is 1. The Morgan fingerprint density at radius 3 is 2.59 bits per heavy atom. The molecule has 0 aliphatic heterocycles. The van der Waals surface area contributed by atoms with Crippen molar-refractivity contribution in [3.05, 3.63) is 35.4 Å². The molecule has 6 heteroatoms. The molecular formula is C23H32O6. The molecule has 0 spiro atoms. The summed E-state index contributed by atoms with van der Waals surface area (Å²) in [6, 6.07) is 4.30. The molecule has 0 aromatic heterocycles. The first-order valence-corrected chi connectivity index (χ1v) is 10.2.